The molecule has 2 fully saturated rings. The van der Waals surface area contributed by atoms with Crippen LogP contribution in [0.2, 0.25) is 10.0 Å². The number of carbonyl (C=O) groups excluding carboxylic acids is 1. The first-order chi connectivity index (χ1) is 16.3. The molecule has 34 heavy (non-hydrogen) atoms. The summed E-state index contributed by atoms with van der Waals surface area (Å²) in [5, 5.41) is 10.1. The maximum Gasteiger partial charge on any atom is 0.308 e. The number of hydrogen-bond donors (Lipinski definition) is 1. The molecule has 2 aliphatic rings. The van der Waals surface area contributed by atoms with Crippen molar-refractivity contribution in [3.05, 3.63) is 58.6 Å². The third kappa shape index (κ3) is 5.54. The van der Waals surface area contributed by atoms with Gasteiger partial charge in [0.25, 0.3) is 5.91 Å². The predicted molar refractivity (Wildman–Crippen MR) is 136 cm³/mol. The molecule has 1 amide bonds. The van der Waals surface area contributed by atoms with Gasteiger partial charge in [-0.15, -0.1) is 0 Å². The summed E-state index contributed by atoms with van der Waals surface area (Å²) in [6, 6.07) is 11.6. The number of ether oxygens (including phenoxy) is 1. The molecule has 0 bridgehead atoms. The van der Waals surface area contributed by atoms with Gasteiger partial charge in [0.2, 0.25) is 0 Å². The fraction of sp³-hybridized carbons (Fsp3) is 0.360. The molecular weight excluding hydrogens is 495 g/mol. The van der Waals surface area contributed by atoms with Gasteiger partial charge in [0.15, 0.2) is 0 Å². The molecule has 2 aliphatic heterocycles. The van der Waals surface area contributed by atoms with Crippen molar-refractivity contribution in [3.63, 3.8) is 0 Å². The van der Waals surface area contributed by atoms with Crippen molar-refractivity contribution in [1.29, 1.82) is 0 Å². The van der Waals surface area contributed by atoms with Crippen LogP contribution >= 0.6 is 35.0 Å². The summed E-state index contributed by atoms with van der Waals surface area (Å²) in [5.74, 6) is -1.26. The molecule has 9 heteroatoms. The Morgan fingerprint density at radius 2 is 1.85 bits per heavy atom. The number of carbonyl (C=O) groups is 2. The highest BCUT2D eigenvalue weighted by molar-refractivity contribution is 7.99. The summed E-state index contributed by atoms with van der Waals surface area (Å²) in [6.45, 7) is 7.38. The lowest BCUT2D eigenvalue weighted by molar-refractivity contribution is -0.142. The van der Waals surface area contributed by atoms with Crippen LogP contribution in [0.5, 0.6) is 0 Å². The van der Waals surface area contributed by atoms with Crippen LogP contribution in [0.25, 0.3) is 5.57 Å². The minimum absolute atomic E-state index is 0.171. The Balaban J connectivity index is 1.50. The average molecular weight is 521 g/mol. The molecule has 1 atom stereocenters. The van der Waals surface area contributed by atoms with Crippen molar-refractivity contribution in [2.75, 3.05) is 44.3 Å². The van der Waals surface area contributed by atoms with E-state index in [1.165, 1.54) is 11.8 Å². The molecule has 0 saturated carbocycles. The maximum absolute atomic E-state index is 12.8. The molecule has 0 aromatic heterocycles. The molecule has 2 aromatic carbocycles. The zero-order valence-electron chi connectivity index (χ0n) is 18.6. The van der Waals surface area contributed by atoms with E-state index in [0.717, 1.165) is 28.4 Å². The van der Waals surface area contributed by atoms with Crippen molar-refractivity contribution in [1.82, 2.24) is 4.90 Å². The molecule has 0 aliphatic carbocycles. The summed E-state index contributed by atoms with van der Waals surface area (Å²) in [5.41, 5.74) is 1.82. The van der Waals surface area contributed by atoms with Gasteiger partial charge in [-0.3, -0.25) is 9.59 Å². The fourth-order valence-electron chi connectivity index (χ4n) is 4.20. The predicted octanol–water partition coefficient (Wildman–Crippen LogP) is 5.32. The zero-order chi connectivity index (χ0) is 24.2. The highest BCUT2D eigenvalue weighted by atomic mass is 35.5. The summed E-state index contributed by atoms with van der Waals surface area (Å²) in [7, 11) is 0. The number of halogens is 2. The number of amides is 1. The monoisotopic (exact) mass is 520 g/mol. The van der Waals surface area contributed by atoms with E-state index in [2.05, 4.69) is 11.5 Å². The van der Waals surface area contributed by atoms with Gasteiger partial charge >= 0.3 is 5.97 Å². The van der Waals surface area contributed by atoms with Crippen LogP contribution < -0.4 is 4.90 Å². The van der Waals surface area contributed by atoms with E-state index < -0.39 is 5.97 Å². The summed E-state index contributed by atoms with van der Waals surface area (Å²) < 4.78 is 5.31. The Labute approximate surface area is 213 Å². The van der Waals surface area contributed by atoms with Gasteiger partial charge in [0, 0.05) is 52.8 Å². The topological polar surface area (TPSA) is 70.1 Å². The highest BCUT2D eigenvalue weighted by Crippen LogP contribution is 2.41. The first-order valence-electron chi connectivity index (χ1n) is 11.1. The minimum atomic E-state index is -0.745. The van der Waals surface area contributed by atoms with E-state index in [1.807, 2.05) is 30.3 Å². The lowest BCUT2D eigenvalue weighted by Crippen LogP contribution is -2.40. The second-order valence-electron chi connectivity index (χ2n) is 8.35. The highest BCUT2D eigenvalue weighted by Gasteiger charge is 2.26. The summed E-state index contributed by atoms with van der Waals surface area (Å²) in [4.78, 5) is 29.8. The number of piperidine rings is 1. The number of benzene rings is 2. The SMILES string of the molecule is C=C(C(=O)N1CCOCC1)c1ccc(Sc2cccc(N3CCCC(C(=O)O)C3)c2)c(Cl)c1Cl. The molecule has 1 N–H and O–H groups in total. The second-order valence-corrected chi connectivity index (χ2v) is 10.2. The molecule has 2 aromatic rings. The van der Waals surface area contributed by atoms with Gasteiger partial charge in [0.1, 0.15) is 0 Å². The van der Waals surface area contributed by atoms with Crippen LogP contribution in [-0.4, -0.2) is 61.3 Å². The van der Waals surface area contributed by atoms with E-state index in [0.29, 0.717) is 60.5 Å². The lowest BCUT2D eigenvalue weighted by atomic mass is 9.98. The van der Waals surface area contributed by atoms with Crippen LogP contribution in [0.1, 0.15) is 18.4 Å². The van der Waals surface area contributed by atoms with E-state index in [1.54, 1.807) is 11.0 Å². The van der Waals surface area contributed by atoms with Gasteiger partial charge < -0.3 is 19.6 Å². The molecule has 0 radical (unpaired) electrons. The van der Waals surface area contributed by atoms with Crippen molar-refractivity contribution >= 4 is 58.1 Å². The second kappa shape index (κ2) is 11.0. The summed E-state index contributed by atoms with van der Waals surface area (Å²) in [6.07, 6.45) is 1.56. The van der Waals surface area contributed by atoms with E-state index in [-0.39, 0.29) is 11.8 Å². The van der Waals surface area contributed by atoms with Gasteiger partial charge in [-0.25, -0.2) is 0 Å². The van der Waals surface area contributed by atoms with E-state index in [9.17, 15) is 14.7 Å². The molecule has 1 unspecified atom stereocenters. The van der Waals surface area contributed by atoms with Crippen LogP contribution in [0, 0.1) is 5.92 Å². The first kappa shape index (κ1) is 24.9. The molecule has 2 heterocycles. The third-order valence-electron chi connectivity index (χ3n) is 6.11. The van der Waals surface area contributed by atoms with Crippen molar-refractivity contribution in [3.8, 4) is 0 Å². The quantitative estimate of drug-likeness (QED) is 0.520. The summed E-state index contributed by atoms with van der Waals surface area (Å²) >= 11 is 14.7. The van der Waals surface area contributed by atoms with E-state index >= 15 is 0 Å². The number of carboxylic acids is 1. The van der Waals surface area contributed by atoms with Gasteiger partial charge in [-0.1, -0.05) is 53.7 Å². The number of morpholine rings is 1. The van der Waals surface area contributed by atoms with Crippen LogP contribution in [0.4, 0.5) is 5.69 Å². The lowest BCUT2D eigenvalue weighted by Gasteiger charge is -2.32. The van der Waals surface area contributed by atoms with Crippen LogP contribution in [0.15, 0.2) is 52.8 Å². The third-order valence-corrected chi connectivity index (χ3v) is 8.15. The maximum atomic E-state index is 12.8. The smallest absolute Gasteiger partial charge is 0.308 e. The van der Waals surface area contributed by atoms with Gasteiger partial charge in [-0.2, -0.15) is 0 Å². The minimum Gasteiger partial charge on any atom is -0.481 e. The Bertz CT molecular complexity index is 1100. The number of nitrogens with zero attached hydrogens (tertiary/aromatic N) is 2. The number of rotatable bonds is 6. The average Bonchev–Trinajstić information content (AvgIpc) is 2.87. The number of hydrogen-bond acceptors (Lipinski definition) is 5. The fourth-order valence-corrected chi connectivity index (χ4v) is 5.72. The van der Waals surface area contributed by atoms with Crippen LogP contribution in [-0.2, 0) is 14.3 Å². The van der Waals surface area contributed by atoms with Gasteiger partial charge in [0.05, 0.1) is 29.2 Å². The first-order valence-corrected chi connectivity index (χ1v) is 12.7. The molecule has 0 spiro atoms. The Hall–Kier alpha value is -2.19. The Morgan fingerprint density at radius 3 is 2.59 bits per heavy atom. The zero-order valence-corrected chi connectivity index (χ0v) is 21.0. The molecule has 180 valence electrons. The normalized spacial score (nSPS) is 18.6. The van der Waals surface area contributed by atoms with Crippen molar-refractivity contribution < 1.29 is 19.4 Å². The van der Waals surface area contributed by atoms with Crippen LogP contribution in [0.3, 0.4) is 0 Å². The van der Waals surface area contributed by atoms with Gasteiger partial charge in [-0.05, 0) is 37.1 Å². The number of anilines is 1. The standard InChI is InChI=1S/C25H26Cl2N2O4S/c1-16(24(30)28-10-12-33-13-11-28)20-7-8-21(23(27)22(20)26)34-19-6-2-5-18(14-19)29-9-3-4-17(15-29)25(31)32/h2,5-8,14,17H,1,3-4,9-13,15H2,(H,31,32). The molecule has 6 nitrogen and oxygen atoms in total. The van der Waals surface area contributed by atoms with E-state index in [4.69, 9.17) is 27.9 Å². The molecule has 2 saturated heterocycles. The number of aliphatic carboxylic acids is 1. The number of carboxylic acid groups (broad SMARTS) is 1. The Kier molecular flexibility index (Phi) is 8.09. The largest absolute Gasteiger partial charge is 0.481 e. The van der Waals surface area contributed by atoms with Crippen molar-refractivity contribution in [2.24, 2.45) is 5.92 Å². The molecular formula is C25H26Cl2N2O4S. The van der Waals surface area contributed by atoms with Crippen molar-refractivity contribution in [2.45, 2.75) is 22.6 Å². The molecule has 4 rings (SSSR count). The Morgan fingerprint density at radius 1 is 1.09 bits per heavy atom.